The van der Waals surface area contributed by atoms with E-state index >= 15 is 0 Å². The SMILES string of the molecule is CCn1c(SCC(=O)Nc2cccc3ncccc23)nnc1-c1ccoc1C. The highest BCUT2D eigenvalue weighted by molar-refractivity contribution is 7.99. The standard InChI is InChI=1S/C20H19N5O2S/c1-3-25-19(14-9-11-27-13(14)2)23-24-20(25)28-12-18(26)22-17-8-4-7-16-15(17)6-5-10-21-16/h4-11H,3,12H2,1-2H3,(H,22,26). The van der Waals surface area contributed by atoms with Gasteiger partial charge < -0.3 is 14.3 Å². The Morgan fingerprint density at radius 2 is 2.11 bits per heavy atom. The lowest BCUT2D eigenvalue weighted by Crippen LogP contribution is -2.15. The van der Waals surface area contributed by atoms with E-state index in [4.69, 9.17) is 4.42 Å². The quantitative estimate of drug-likeness (QED) is 0.495. The van der Waals surface area contributed by atoms with E-state index in [1.54, 1.807) is 12.5 Å². The van der Waals surface area contributed by atoms with Gasteiger partial charge in [0.05, 0.1) is 28.8 Å². The van der Waals surface area contributed by atoms with Gasteiger partial charge in [-0.15, -0.1) is 10.2 Å². The van der Waals surface area contributed by atoms with Crippen LogP contribution in [0.3, 0.4) is 0 Å². The van der Waals surface area contributed by atoms with Gasteiger partial charge in [0.15, 0.2) is 11.0 Å². The van der Waals surface area contributed by atoms with Gasteiger partial charge in [0.25, 0.3) is 0 Å². The predicted molar refractivity (Wildman–Crippen MR) is 109 cm³/mol. The third-order valence-electron chi connectivity index (χ3n) is 4.38. The fourth-order valence-corrected chi connectivity index (χ4v) is 3.83. The number of thioether (sulfide) groups is 1. The molecule has 4 rings (SSSR count). The molecule has 0 aliphatic carbocycles. The summed E-state index contributed by atoms with van der Waals surface area (Å²) in [5.41, 5.74) is 2.51. The Bertz CT molecular complexity index is 1130. The van der Waals surface area contributed by atoms with Crippen LogP contribution in [-0.4, -0.2) is 31.4 Å². The zero-order valence-electron chi connectivity index (χ0n) is 15.5. The highest BCUT2D eigenvalue weighted by Crippen LogP contribution is 2.27. The summed E-state index contributed by atoms with van der Waals surface area (Å²) in [6.45, 7) is 4.62. The smallest absolute Gasteiger partial charge is 0.234 e. The third-order valence-corrected chi connectivity index (χ3v) is 5.35. The average molecular weight is 393 g/mol. The second-order valence-corrected chi connectivity index (χ2v) is 7.10. The van der Waals surface area contributed by atoms with Crippen LogP contribution in [0.15, 0.2) is 58.4 Å². The van der Waals surface area contributed by atoms with E-state index in [2.05, 4.69) is 20.5 Å². The summed E-state index contributed by atoms with van der Waals surface area (Å²) in [6, 6.07) is 11.4. The van der Waals surface area contributed by atoms with Crippen molar-refractivity contribution in [3.8, 4) is 11.4 Å². The number of rotatable bonds is 6. The molecule has 142 valence electrons. The molecule has 0 aliphatic rings. The number of anilines is 1. The molecule has 0 fully saturated rings. The highest BCUT2D eigenvalue weighted by atomic mass is 32.2. The third kappa shape index (κ3) is 3.50. The molecule has 1 amide bonds. The van der Waals surface area contributed by atoms with Gasteiger partial charge in [-0.05, 0) is 44.2 Å². The summed E-state index contributed by atoms with van der Waals surface area (Å²) in [5, 5.41) is 13.1. The van der Waals surface area contributed by atoms with Crippen LogP contribution in [0, 0.1) is 6.92 Å². The zero-order valence-corrected chi connectivity index (χ0v) is 16.4. The predicted octanol–water partition coefficient (Wildman–Crippen LogP) is 4.15. The first-order valence-electron chi connectivity index (χ1n) is 8.91. The van der Waals surface area contributed by atoms with E-state index < -0.39 is 0 Å². The van der Waals surface area contributed by atoms with Crippen molar-refractivity contribution in [1.29, 1.82) is 0 Å². The Hall–Kier alpha value is -3.13. The van der Waals surface area contributed by atoms with Crippen molar-refractivity contribution in [3.63, 3.8) is 0 Å². The molecule has 0 saturated heterocycles. The molecule has 1 N–H and O–H groups in total. The van der Waals surface area contributed by atoms with Crippen LogP contribution in [0.2, 0.25) is 0 Å². The Morgan fingerprint density at radius 1 is 1.21 bits per heavy atom. The van der Waals surface area contributed by atoms with Crippen LogP contribution in [-0.2, 0) is 11.3 Å². The van der Waals surface area contributed by atoms with Crippen LogP contribution >= 0.6 is 11.8 Å². The van der Waals surface area contributed by atoms with E-state index in [0.29, 0.717) is 11.7 Å². The van der Waals surface area contributed by atoms with Gasteiger partial charge in [0.2, 0.25) is 5.91 Å². The molecule has 0 spiro atoms. The second-order valence-electron chi connectivity index (χ2n) is 6.15. The van der Waals surface area contributed by atoms with Gasteiger partial charge in [-0.3, -0.25) is 9.78 Å². The van der Waals surface area contributed by atoms with Crippen molar-refractivity contribution < 1.29 is 9.21 Å². The second kappa shape index (κ2) is 7.85. The molecule has 4 aromatic rings. The Morgan fingerprint density at radius 3 is 2.89 bits per heavy atom. The summed E-state index contributed by atoms with van der Waals surface area (Å²) in [4.78, 5) is 16.8. The molecule has 0 aliphatic heterocycles. The molecule has 0 radical (unpaired) electrons. The number of amides is 1. The minimum Gasteiger partial charge on any atom is -0.469 e. The van der Waals surface area contributed by atoms with Crippen molar-refractivity contribution in [2.75, 3.05) is 11.1 Å². The molecule has 0 saturated carbocycles. The fourth-order valence-electron chi connectivity index (χ4n) is 3.03. The Kier molecular flexibility index (Phi) is 5.12. The molecule has 0 atom stereocenters. The number of pyridine rings is 1. The number of aryl methyl sites for hydroxylation is 1. The van der Waals surface area contributed by atoms with Crippen LogP contribution in [0.4, 0.5) is 5.69 Å². The molecule has 3 heterocycles. The maximum atomic E-state index is 12.5. The van der Waals surface area contributed by atoms with Gasteiger partial charge in [0.1, 0.15) is 5.76 Å². The lowest BCUT2D eigenvalue weighted by Gasteiger charge is -2.09. The van der Waals surface area contributed by atoms with Crippen molar-refractivity contribution in [1.82, 2.24) is 19.7 Å². The number of hydrogen-bond donors (Lipinski definition) is 1. The minimum absolute atomic E-state index is 0.104. The maximum absolute atomic E-state index is 12.5. The van der Waals surface area contributed by atoms with E-state index in [-0.39, 0.29) is 11.7 Å². The highest BCUT2D eigenvalue weighted by Gasteiger charge is 2.17. The summed E-state index contributed by atoms with van der Waals surface area (Å²) in [5.74, 6) is 1.67. The van der Waals surface area contributed by atoms with Crippen LogP contribution < -0.4 is 5.32 Å². The topological polar surface area (TPSA) is 85.8 Å². The lowest BCUT2D eigenvalue weighted by molar-refractivity contribution is -0.113. The summed E-state index contributed by atoms with van der Waals surface area (Å²) < 4.78 is 7.35. The van der Waals surface area contributed by atoms with Crippen LogP contribution in [0.1, 0.15) is 12.7 Å². The molecule has 3 aromatic heterocycles. The Labute approximate surface area is 166 Å². The number of nitrogens with one attached hydrogen (secondary N) is 1. The van der Waals surface area contributed by atoms with Gasteiger partial charge in [-0.1, -0.05) is 17.8 Å². The van der Waals surface area contributed by atoms with E-state index in [0.717, 1.165) is 33.7 Å². The number of hydrogen-bond acceptors (Lipinski definition) is 6. The van der Waals surface area contributed by atoms with Crippen molar-refractivity contribution in [2.24, 2.45) is 0 Å². The van der Waals surface area contributed by atoms with Crippen molar-refractivity contribution >= 4 is 34.3 Å². The minimum atomic E-state index is -0.104. The summed E-state index contributed by atoms with van der Waals surface area (Å²) in [7, 11) is 0. The number of nitrogens with zero attached hydrogens (tertiary/aromatic N) is 4. The first-order valence-corrected chi connectivity index (χ1v) is 9.90. The van der Waals surface area contributed by atoms with E-state index in [1.165, 1.54) is 11.8 Å². The monoisotopic (exact) mass is 393 g/mol. The molecule has 0 bridgehead atoms. The number of carbonyl (C=O) groups is 1. The normalized spacial score (nSPS) is 11.1. The largest absolute Gasteiger partial charge is 0.469 e. The molecule has 7 nitrogen and oxygen atoms in total. The van der Waals surface area contributed by atoms with Crippen molar-refractivity contribution in [3.05, 3.63) is 54.6 Å². The summed E-state index contributed by atoms with van der Waals surface area (Å²) >= 11 is 1.36. The lowest BCUT2D eigenvalue weighted by atomic mass is 10.2. The van der Waals surface area contributed by atoms with Gasteiger partial charge in [0, 0.05) is 18.1 Å². The summed E-state index contributed by atoms with van der Waals surface area (Å²) in [6.07, 6.45) is 3.37. The molecule has 0 unspecified atom stereocenters. The van der Waals surface area contributed by atoms with E-state index in [9.17, 15) is 4.79 Å². The van der Waals surface area contributed by atoms with Gasteiger partial charge in [-0.2, -0.15) is 0 Å². The number of furan rings is 1. The van der Waals surface area contributed by atoms with Crippen LogP contribution in [0.5, 0.6) is 0 Å². The fraction of sp³-hybridized carbons (Fsp3) is 0.200. The first kappa shape index (κ1) is 18.2. The maximum Gasteiger partial charge on any atom is 0.234 e. The first-order chi connectivity index (χ1) is 13.7. The zero-order chi connectivity index (χ0) is 19.5. The number of aromatic nitrogens is 4. The average Bonchev–Trinajstić information content (AvgIpc) is 3.31. The van der Waals surface area contributed by atoms with Gasteiger partial charge in [-0.25, -0.2) is 0 Å². The number of fused-ring (bicyclic) bond motifs is 1. The van der Waals surface area contributed by atoms with Crippen molar-refractivity contribution in [2.45, 2.75) is 25.5 Å². The number of carbonyl (C=O) groups excluding carboxylic acids is 1. The molecule has 8 heteroatoms. The number of benzene rings is 1. The molecule has 28 heavy (non-hydrogen) atoms. The van der Waals surface area contributed by atoms with Crippen LogP contribution in [0.25, 0.3) is 22.3 Å². The van der Waals surface area contributed by atoms with E-state index in [1.807, 2.05) is 54.8 Å². The molecular formula is C20H19N5O2S. The Balaban J connectivity index is 1.48. The molecular weight excluding hydrogens is 374 g/mol. The van der Waals surface area contributed by atoms with Gasteiger partial charge >= 0.3 is 0 Å². The molecule has 1 aromatic carbocycles.